The van der Waals surface area contributed by atoms with Crippen molar-refractivity contribution < 1.29 is 4.74 Å². The quantitative estimate of drug-likeness (QED) is 0.660. The van der Waals surface area contributed by atoms with Crippen molar-refractivity contribution in [2.75, 3.05) is 18.6 Å². The maximum Gasteiger partial charge on any atom is 0.123 e. The Bertz CT molecular complexity index is 433. The molecule has 1 heterocycles. The summed E-state index contributed by atoms with van der Waals surface area (Å²) in [7, 11) is 1.67. The van der Waals surface area contributed by atoms with Gasteiger partial charge in [0.15, 0.2) is 0 Å². The van der Waals surface area contributed by atoms with Crippen LogP contribution in [0.1, 0.15) is 18.5 Å². The van der Waals surface area contributed by atoms with E-state index in [2.05, 4.69) is 12.3 Å². The van der Waals surface area contributed by atoms with Crippen molar-refractivity contribution in [3.05, 3.63) is 28.8 Å². The zero-order valence-electron chi connectivity index (χ0n) is 11.1. The molecule has 3 unspecified atom stereocenters. The van der Waals surface area contributed by atoms with Gasteiger partial charge in [0.2, 0.25) is 0 Å². The normalized spacial score (nSPS) is 25.1. The van der Waals surface area contributed by atoms with Gasteiger partial charge >= 0.3 is 0 Å². The molecule has 0 amide bonds. The fraction of sp³-hybridized carbons (Fsp3) is 0.538. The number of methoxy groups -OCH3 is 1. The number of halogens is 1. The van der Waals surface area contributed by atoms with Gasteiger partial charge in [-0.1, -0.05) is 18.5 Å². The number of benzene rings is 1. The molecule has 1 saturated heterocycles. The van der Waals surface area contributed by atoms with E-state index in [1.807, 2.05) is 41.7 Å². The highest BCUT2D eigenvalue weighted by atomic mass is 35.5. The van der Waals surface area contributed by atoms with Crippen LogP contribution < -0.4 is 16.0 Å². The smallest absolute Gasteiger partial charge is 0.123 e. The van der Waals surface area contributed by atoms with Gasteiger partial charge in [-0.3, -0.25) is 11.3 Å². The molecule has 106 valence electrons. The molecule has 3 N–H and O–H groups in total. The summed E-state index contributed by atoms with van der Waals surface area (Å²) in [5, 5.41) is 1.66. The highest BCUT2D eigenvalue weighted by Gasteiger charge is 2.32. The highest BCUT2D eigenvalue weighted by Crippen LogP contribution is 2.41. The number of hydrazine groups is 1. The highest BCUT2D eigenvalue weighted by molar-refractivity contribution is 8.07. The fourth-order valence-corrected chi connectivity index (χ4v) is 5.43. The second-order valence-corrected chi connectivity index (χ2v) is 7.65. The first-order chi connectivity index (χ1) is 9.17. The lowest BCUT2D eigenvalue weighted by Crippen LogP contribution is -2.41. The molecule has 0 radical (unpaired) electrons. The van der Waals surface area contributed by atoms with Gasteiger partial charge in [-0.2, -0.15) is 23.5 Å². The molecule has 1 aliphatic rings. The van der Waals surface area contributed by atoms with Crippen LogP contribution in [0.25, 0.3) is 0 Å². The predicted octanol–water partition coefficient (Wildman–Crippen LogP) is 3.09. The number of nitrogens with two attached hydrogens (primary N) is 1. The van der Waals surface area contributed by atoms with Crippen LogP contribution in [-0.2, 0) is 0 Å². The summed E-state index contributed by atoms with van der Waals surface area (Å²) in [6, 6.07) is 5.72. The third-order valence-electron chi connectivity index (χ3n) is 3.27. The Kier molecular flexibility index (Phi) is 5.71. The maximum atomic E-state index is 6.11. The largest absolute Gasteiger partial charge is 0.496 e. The minimum absolute atomic E-state index is 0.0430. The summed E-state index contributed by atoms with van der Waals surface area (Å²) >= 11 is 10.1. The lowest BCUT2D eigenvalue weighted by Gasteiger charge is -2.34. The minimum atomic E-state index is 0.0430. The second kappa shape index (κ2) is 7.09. The van der Waals surface area contributed by atoms with Gasteiger partial charge in [0.05, 0.1) is 13.2 Å². The molecule has 0 aromatic heterocycles. The van der Waals surface area contributed by atoms with Crippen LogP contribution in [0.3, 0.4) is 0 Å². The summed E-state index contributed by atoms with van der Waals surface area (Å²) in [6.45, 7) is 2.25. The van der Waals surface area contributed by atoms with Crippen molar-refractivity contribution in [3.63, 3.8) is 0 Å². The first-order valence-electron chi connectivity index (χ1n) is 6.20. The molecule has 0 saturated carbocycles. The number of nitrogens with one attached hydrogen (secondary N) is 1. The molecule has 19 heavy (non-hydrogen) atoms. The molecule has 6 heteroatoms. The molecule has 1 aromatic rings. The van der Waals surface area contributed by atoms with E-state index in [1.54, 1.807) is 7.11 Å². The van der Waals surface area contributed by atoms with E-state index >= 15 is 0 Å². The van der Waals surface area contributed by atoms with Crippen LogP contribution >= 0.6 is 35.1 Å². The number of rotatable bonds is 4. The van der Waals surface area contributed by atoms with Gasteiger partial charge in [0.1, 0.15) is 5.75 Å². The van der Waals surface area contributed by atoms with Crippen LogP contribution in [0.15, 0.2) is 18.2 Å². The van der Waals surface area contributed by atoms with Crippen molar-refractivity contribution in [3.8, 4) is 5.75 Å². The van der Waals surface area contributed by atoms with Crippen molar-refractivity contribution in [1.82, 2.24) is 5.43 Å². The van der Waals surface area contributed by atoms with E-state index < -0.39 is 0 Å². The van der Waals surface area contributed by atoms with Crippen molar-refractivity contribution >= 4 is 35.1 Å². The SMILES string of the molecule is COc1ccc(Cl)cc1C(NN)C1SCCSC1C. The molecule has 3 atom stereocenters. The van der Waals surface area contributed by atoms with Crippen molar-refractivity contribution in [2.45, 2.75) is 23.5 Å². The van der Waals surface area contributed by atoms with E-state index in [4.69, 9.17) is 22.2 Å². The lowest BCUT2D eigenvalue weighted by atomic mass is 10.0. The molecular weight excluding hydrogens is 300 g/mol. The second-order valence-electron chi connectivity index (χ2n) is 4.44. The van der Waals surface area contributed by atoms with Gasteiger partial charge in [0, 0.05) is 32.6 Å². The number of thioether (sulfide) groups is 2. The molecule has 1 fully saturated rings. The number of hydrogen-bond donors (Lipinski definition) is 2. The average Bonchev–Trinajstić information content (AvgIpc) is 2.42. The lowest BCUT2D eigenvalue weighted by molar-refractivity contribution is 0.397. The molecule has 2 rings (SSSR count). The van der Waals surface area contributed by atoms with Gasteiger partial charge in [-0.05, 0) is 18.2 Å². The maximum absolute atomic E-state index is 6.11. The summed E-state index contributed by atoms with van der Waals surface area (Å²) in [5.74, 6) is 8.98. The summed E-state index contributed by atoms with van der Waals surface area (Å²) < 4.78 is 5.44. The monoisotopic (exact) mass is 318 g/mol. The Morgan fingerprint density at radius 2 is 2.16 bits per heavy atom. The van der Waals surface area contributed by atoms with Gasteiger partial charge < -0.3 is 4.74 Å². The summed E-state index contributed by atoms with van der Waals surface area (Å²) in [4.78, 5) is 0. The van der Waals surface area contributed by atoms with Crippen LogP contribution in [0.4, 0.5) is 0 Å². The molecule has 3 nitrogen and oxygen atoms in total. The summed E-state index contributed by atoms with van der Waals surface area (Å²) in [6.07, 6.45) is 0. The first-order valence-corrected chi connectivity index (χ1v) is 8.67. The van der Waals surface area contributed by atoms with Crippen LogP contribution in [0.2, 0.25) is 5.02 Å². The average molecular weight is 319 g/mol. The van der Waals surface area contributed by atoms with Crippen LogP contribution in [0.5, 0.6) is 5.75 Å². The van der Waals surface area contributed by atoms with Gasteiger partial charge in [-0.15, -0.1) is 0 Å². The first kappa shape index (κ1) is 15.3. The van der Waals surface area contributed by atoms with E-state index in [9.17, 15) is 0 Å². The van der Waals surface area contributed by atoms with Gasteiger partial charge in [-0.25, -0.2) is 0 Å². The van der Waals surface area contributed by atoms with Gasteiger partial charge in [0.25, 0.3) is 0 Å². The zero-order chi connectivity index (χ0) is 13.8. The zero-order valence-corrected chi connectivity index (χ0v) is 13.4. The molecule has 0 spiro atoms. The third-order valence-corrected chi connectivity index (χ3v) is 6.70. The van der Waals surface area contributed by atoms with E-state index in [1.165, 1.54) is 5.75 Å². The van der Waals surface area contributed by atoms with E-state index in [-0.39, 0.29) is 6.04 Å². The standard InChI is InChI=1S/C13H19ClN2OS2/c1-8-13(19-6-5-18-8)12(16-15)10-7-9(14)3-4-11(10)17-2/h3-4,7-8,12-13,16H,5-6,15H2,1-2H3. The van der Waals surface area contributed by atoms with E-state index in [0.29, 0.717) is 15.5 Å². The topological polar surface area (TPSA) is 47.3 Å². The van der Waals surface area contributed by atoms with Crippen LogP contribution in [0, 0.1) is 0 Å². The Morgan fingerprint density at radius 1 is 1.42 bits per heavy atom. The Morgan fingerprint density at radius 3 is 2.79 bits per heavy atom. The molecular formula is C13H19ClN2OS2. The van der Waals surface area contributed by atoms with E-state index in [0.717, 1.165) is 17.1 Å². The Balaban J connectivity index is 2.32. The minimum Gasteiger partial charge on any atom is -0.496 e. The molecule has 0 bridgehead atoms. The molecule has 1 aromatic carbocycles. The Hall–Kier alpha value is -0.0700. The van der Waals surface area contributed by atoms with Crippen LogP contribution in [-0.4, -0.2) is 29.1 Å². The fourth-order valence-electron chi connectivity index (χ4n) is 2.33. The number of ether oxygens (including phenoxy) is 1. The third kappa shape index (κ3) is 3.52. The molecule has 1 aliphatic heterocycles. The Labute approximate surface area is 128 Å². The van der Waals surface area contributed by atoms with Crippen molar-refractivity contribution in [2.24, 2.45) is 5.84 Å². The predicted molar refractivity (Wildman–Crippen MR) is 86.2 cm³/mol. The van der Waals surface area contributed by atoms with Crippen molar-refractivity contribution in [1.29, 1.82) is 0 Å². The number of hydrogen-bond acceptors (Lipinski definition) is 5. The summed E-state index contributed by atoms with van der Waals surface area (Å²) in [5.41, 5.74) is 3.98. The molecule has 0 aliphatic carbocycles.